The number of carboxylic acid groups (broad SMARTS) is 2. The van der Waals surface area contributed by atoms with E-state index in [1.807, 2.05) is 0 Å². The van der Waals surface area contributed by atoms with Crippen LogP contribution in [0.25, 0.3) is 0 Å². The van der Waals surface area contributed by atoms with Crippen molar-refractivity contribution >= 4 is 27.9 Å². The maximum atomic E-state index is 9.10. The zero-order valence-corrected chi connectivity index (χ0v) is 19.2. The van der Waals surface area contributed by atoms with Crippen LogP contribution >= 0.6 is 15.9 Å². The minimum absolute atomic E-state index is 0.267. The Kier molecular flexibility index (Phi) is 8.32. The summed E-state index contributed by atoms with van der Waals surface area (Å²) in [4.78, 5) is 23.2. The van der Waals surface area contributed by atoms with Crippen LogP contribution in [0.15, 0.2) is 40.9 Å². The van der Waals surface area contributed by atoms with Gasteiger partial charge in [0.1, 0.15) is 0 Å². The van der Waals surface area contributed by atoms with Crippen LogP contribution < -0.4 is 14.2 Å². The molecule has 2 aliphatic rings. The molecule has 0 bridgehead atoms. The molecule has 0 saturated carbocycles. The number of piperazine rings is 1. The monoisotopic (exact) mass is 508 g/mol. The number of rotatable bonds is 5. The van der Waals surface area contributed by atoms with Crippen LogP contribution in [-0.2, 0) is 22.7 Å². The number of aliphatic carboxylic acids is 2. The van der Waals surface area contributed by atoms with Gasteiger partial charge in [0.25, 0.3) is 0 Å². The molecular formula is C22H25BrN2O7. The van der Waals surface area contributed by atoms with Gasteiger partial charge in [-0.2, -0.15) is 0 Å². The van der Waals surface area contributed by atoms with E-state index in [1.165, 1.54) is 11.1 Å². The first kappa shape index (κ1) is 23.8. The lowest BCUT2D eigenvalue weighted by molar-refractivity contribution is -0.159. The Hall–Kier alpha value is -2.82. The van der Waals surface area contributed by atoms with E-state index in [0.29, 0.717) is 0 Å². The number of methoxy groups -OCH3 is 1. The largest absolute Gasteiger partial charge is 0.493 e. The number of fused-ring (bicyclic) bond motifs is 1. The molecule has 0 amide bonds. The highest BCUT2D eigenvalue weighted by Crippen LogP contribution is 2.42. The number of carbonyl (C=O) groups is 2. The normalized spacial score (nSPS) is 15.6. The van der Waals surface area contributed by atoms with Gasteiger partial charge < -0.3 is 24.4 Å². The molecule has 4 rings (SSSR count). The van der Waals surface area contributed by atoms with Crippen molar-refractivity contribution in [1.29, 1.82) is 0 Å². The second-order valence-electron chi connectivity index (χ2n) is 7.32. The number of ether oxygens (including phenoxy) is 3. The quantitative estimate of drug-likeness (QED) is 0.588. The van der Waals surface area contributed by atoms with Gasteiger partial charge >= 0.3 is 11.9 Å². The zero-order valence-electron chi connectivity index (χ0n) is 17.6. The molecule has 0 aromatic heterocycles. The van der Waals surface area contributed by atoms with Gasteiger partial charge in [-0.3, -0.25) is 9.80 Å². The molecule has 2 aliphatic heterocycles. The van der Waals surface area contributed by atoms with Crippen LogP contribution in [0.3, 0.4) is 0 Å². The van der Waals surface area contributed by atoms with Crippen molar-refractivity contribution in [2.24, 2.45) is 0 Å². The molecule has 2 aromatic carbocycles. The van der Waals surface area contributed by atoms with E-state index in [-0.39, 0.29) is 6.79 Å². The van der Waals surface area contributed by atoms with E-state index >= 15 is 0 Å². The predicted molar refractivity (Wildman–Crippen MR) is 119 cm³/mol. The summed E-state index contributed by atoms with van der Waals surface area (Å²) in [6, 6.07) is 12.7. The summed E-state index contributed by atoms with van der Waals surface area (Å²) >= 11 is 3.55. The van der Waals surface area contributed by atoms with Crippen molar-refractivity contribution in [3.05, 3.63) is 52.0 Å². The highest BCUT2D eigenvalue weighted by Gasteiger charge is 2.22. The van der Waals surface area contributed by atoms with Crippen molar-refractivity contribution in [1.82, 2.24) is 9.80 Å². The summed E-state index contributed by atoms with van der Waals surface area (Å²) in [5.74, 6) is -1.39. The molecule has 0 radical (unpaired) electrons. The van der Waals surface area contributed by atoms with Gasteiger partial charge in [0, 0.05) is 43.7 Å². The maximum absolute atomic E-state index is 9.10. The van der Waals surface area contributed by atoms with Gasteiger partial charge in [-0.1, -0.05) is 28.1 Å². The molecule has 0 unspecified atom stereocenters. The van der Waals surface area contributed by atoms with Crippen LogP contribution in [0.5, 0.6) is 17.2 Å². The van der Waals surface area contributed by atoms with Gasteiger partial charge in [0.15, 0.2) is 11.5 Å². The molecule has 9 nitrogen and oxygen atoms in total. The number of carboxylic acids is 2. The first-order valence-electron chi connectivity index (χ1n) is 9.97. The Balaban J connectivity index is 0.000000427. The van der Waals surface area contributed by atoms with Crippen molar-refractivity contribution in [2.45, 2.75) is 13.1 Å². The molecule has 0 spiro atoms. The lowest BCUT2D eigenvalue weighted by Gasteiger charge is -2.34. The fourth-order valence-electron chi connectivity index (χ4n) is 3.53. The lowest BCUT2D eigenvalue weighted by Crippen LogP contribution is -2.45. The van der Waals surface area contributed by atoms with E-state index < -0.39 is 11.9 Å². The van der Waals surface area contributed by atoms with Crippen LogP contribution in [0.4, 0.5) is 0 Å². The topological polar surface area (TPSA) is 109 Å². The summed E-state index contributed by atoms with van der Waals surface area (Å²) < 4.78 is 17.6. The number of halogens is 1. The molecule has 2 N–H and O–H groups in total. The van der Waals surface area contributed by atoms with Gasteiger partial charge in [0.2, 0.25) is 12.5 Å². The Bertz CT molecular complexity index is 949. The molecule has 32 heavy (non-hydrogen) atoms. The first-order chi connectivity index (χ1) is 15.4. The number of hydrogen-bond donors (Lipinski definition) is 2. The summed E-state index contributed by atoms with van der Waals surface area (Å²) in [5, 5.41) is 14.8. The van der Waals surface area contributed by atoms with Crippen molar-refractivity contribution in [3.63, 3.8) is 0 Å². The molecule has 0 atom stereocenters. The van der Waals surface area contributed by atoms with E-state index in [2.05, 4.69) is 62.1 Å². The third kappa shape index (κ3) is 6.59. The van der Waals surface area contributed by atoms with Gasteiger partial charge in [-0.15, -0.1) is 0 Å². The Morgan fingerprint density at radius 3 is 2.16 bits per heavy atom. The molecule has 1 saturated heterocycles. The minimum atomic E-state index is -1.82. The third-order valence-electron chi connectivity index (χ3n) is 5.07. The summed E-state index contributed by atoms with van der Waals surface area (Å²) in [6.45, 7) is 6.45. The molecule has 2 aromatic rings. The van der Waals surface area contributed by atoms with E-state index in [4.69, 9.17) is 34.0 Å². The number of nitrogens with zero attached hydrogens (tertiary/aromatic N) is 2. The molecule has 2 heterocycles. The maximum Gasteiger partial charge on any atom is 0.414 e. The third-order valence-corrected chi connectivity index (χ3v) is 5.56. The average Bonchev–Trinajstić information content (AvgIpc) is 3.24. The summed E-state index contributed by atoms with van der Waals surface area (Å²) in [7, 11) is 1.67. The average molecular weight is 509 g/mol. The summed E-state index contributed by atoms with van der Waals surface area (Å²) in [6.07, 6.45) is 0. The second-order valence-corrected chi connectivity index (χ2v) is 8.24. The van der Waals surface area contributed by atoms with Crippen molar-refractivity contribution in [2.75, 3.05) is 40.1 Å². The number of benzene rings is 2. The smallest absolute Gasteiger partial charge is 0.414 e. The van der Waals surface area contributed by atoms with Gasteiger partial charge in [0.05, 0.1) is 7.11 Å². The van der Waals surface area contributed by atoms with Crippen LogP contribution in [0, 0.1) is 0 Å². The fourth-order valence-corrected chi connectivity index (χ4v) is 3.98. The molecule has 172 valence electrons. The van der Waals surface area contributed by atoms with E-state index in [1.54, 1.807) is 7.11 Å². The molecule has 1 fully saturated rings. The van der Waals surface area contributed by atoms with Crippen LogP contribution in [-0.4, -0.2) is 72.0 Å². The highest BCUT2D eigenvalue weighted by atomic mass is 79.9. The Morgan fingerprint density at radius 1 is 0.969 bits per heavy atom. The molecule has 0 aliphatic carbocycles. The second kappa shape index (κ2) is 11.2. The van der Waals surface area contributed by atoms with E-state index in [0.717, 1.165) is 61.0 Å². The Labute approximate surface area is 194 Å². The fraction of sp³-hybridized carbons (Fsp3) is 0.364. The van der Waals surface area contributed by atoms with Crippen LogP contribution in [0.2, 0.25) is 0 Å². The van der Waals surface area contributed by atoms with Crippen LogP contribution in [0.1, 0.15) is 11.1 Å². The van der Waals surface area contributed by atoms with Gasteiger partial charge in [-0.05, 0) is 35.4 Å². The first-order valence-corrected chi connectivity index (χ1v) is 10.8. The highest BCUT2D eigenvalue weighted by molar-refractivity contribution is 9.10. The zero-order chi connectivity index (χ0) is 23.1. The van der Waals surface area contributed by atoms with E-state index in [9.17, 15) is 0 Å². The standard InChI is InChI=1S/C20H23BrN2O3.C2H2O4/c1-24-18-10-16(11-19-20(18)26-14-25-19)13-23-7-5-22(6-8-23)12-15-3-2-4-17(21)9-15;3-1(4)2(5)6/h2-4,9-11H,5-8,12-14H2,1H3;(H,3,4)(H,5,6). The number of hydrogen-bond acceptors (Lipinski definition) is 7. The van der Waals surface area contributed by atoms with Crippen molar-refractivity contribution < 1.29 is 34.0 Å². The van der Waals surface area contributed by atoms with Crippen molar-refractivity contribution in [3.8, 4) is 17.2 Å². The molecular weight excluding hydrogens is 484 g/mol. The van der Waals surface area contributed by atoms with Gasteiger partial charge in [-0.25, -0.2) is 9.59 Å². The Morgan fingerprint density at radius 2 is 1.59 bits per heavy atom. The SMILES string of the molecule is COc1cc(CN2CCN(Cc3cccc(Br)c3)CC2)cc2c1OCO2.O=C(O)C(=O)O. The molecule has 10 heteroatoms. The summed E-state index contributed by atoms with van der Waals surface area (Å²) in [5.41, 5.74) is 2.56. The minimum Gasteiger partial charge on any atom is -0.493 e. The predicted octanol–water partition coefficient (Wildman–Crippen LogP) is 2.66. The lowest BCUT2D eigenvalue weighted by atomic mass is 10.1.